The molecule has 0 saturated heterocycles. The van der Waals surface area contributed by atoms with Crippen LogP contribution in [0.1, 0.15) is 40.9 Å². The van der Waals surface area contributed by atoms with Crippen LogP contribution in [0.15, 0.2) is 42.5 Å². The second kappa shape index (κ2) is 8.56. The molecule has 0 spiro atoms. The van der Waals surface area contributed by atoms with Crippen molar-refractivity contribution in [3.63, 3.8) is 0 Å². The average molecular weight is 486 g/mol. The van der Waals surface area contributed by atoms with Crippen molar-refractivity contribution in [2.24, 2.45) is 0 Å². The van der Waals surface area contributed by atoms with Crippen LogP contribution < -0.4 is 9.64 Å². The molecule has 2 aromatic carbocycles. The van der Waals surface area contributed by atoms with E-state index in [9.17, 15) is 5.26 Å². The van der Waals surface area contributed by atoms with Crippen LogP contribution in [0.3, 0.4) is 0 Å². The molecule has 0 radical (unpaired) electrons. The van der Waals surface area contributed by atoms with Gasteiger partial charge >= 0.3 is 0 Å². The summed E-state index contributed by atoms with van der Waals surface area (Å²) in [5.41, 5.74) is 7.29. The molecule has 4 aromatic rings. The Kier molecular flexibility index (Phi) is 5.36. The summed E-state index contributed by atoms with van der Waals surface area (Å²) >= 11 is 6.68. The zero-order chi connectivity index (χ0) is 24.1. The lowest BCUT2D eigenvalue weighted by atomic mass is 10.1. The molecular formula is C27H24ClN5O2. The van der Waals surface area contributed by atoms with Crippen molar-refractivity contribution in [2.45, 2.75) is 45.6 Å². The summed E-state index contributed by atoms with van der Waals surface area (Å²) in [6, 6.07) is 16.1. The highest BCUT2D eigenvalue weighted by molar-refractivity contribution is 6.33. The van der Waals surface area contributed by atoms with Gasteiger partial charge in [0.05, 0.1) is 53.9 Å². The Bertz CT molecular complexity index is 1480. The smallest absolute Gasteiger partial charge is 0.165 e. The first-order valence-electron chi connectivity index (χ1n) is 11.7. The highest BCUT2D eigenvalue weighted by Crippen LogP contribution is 2.41. The molecule has 2 aromatic heterocycles. The number of nitrogens with zero attached hydrogens (tertiary/aromatic N) is 5. The number of halogens is 1. The molecule has 3 heterocycles. The largest absolute Gasteiger partial charge is 0.497 e. The van der Waals surface area contributed by atoms with Gasteiger partial charge in [-0.3, -0.25) is 0 Å². The van der Waals surface area contributed by atoms with E-state index in [2.05, 4.69) is 11.0 Å². The molecule has 0 N–H and O–H groups in total. The van der Waals surface area contributed by atoms with Gasteiger partial charge in [-0.2, -0.15) is 14.9 Å². The van der Waals surface area contributed by atoms with Crippen molar-refractivity contribution < 1.29 is 9.47 Å². The summed E-state index contributed by atoms with van der Waals surface area (Å²) in [7, 11) is 1.63. The summed E-state index contributed by atoms with van der Waals surface area (Å²) in [6.45, 7) is 3.72. The minimum atomic E-state index is 0.429. The first kappa shape index (κ1) is 21.9. The highest BCUT2D eigenvalue weighted by Gasteiger charge is 2.35. The van der Waals surface area contributed by atoms with Crippen LogP contribution >= 0.6 is 11.6 Å². The number of fused-ring (bicyclic) bond motifs is 2. The van der Waals surface area contributed by atoms with Gasteiger partial charge in [-0.1, -0.05) is 23.7 Å². The molecule has 1 saturated carbocycles. The lowest BCUT2D eigenvalue weighted by molar-refractivity contribution is 0.133. The summed E-state index contributed by atoms with van der Waals surface area (Å²) in [4.78, 5) is 7.44. The third kappa shape index (κ3) is 3.79. The number of rotatable bonds is 6. The third-order valence-electron chi connectivity index (χ3n) is 6.72. The Morgan fingerprint density at radius 3 is 2.69 bits per heavy atom. The molecule has 1 fully saturated rings. The van der Waals surface area contributed by atoms with Gasteiger partial charge in [0.15, 0.2) is 5.65 Å². The van der Waals surface area contributed by atoms with Crippen LogP contribution in [-0.4, -0.2) is 27.7 Å². The van der Waals surface area contributed by atoms with E-state index in [1.54, 1.807) is 7.11 Å². The van der Waals surface area contributed by atoms with E-state index >= 15 is 0 Å². The fourth-order valence-corrected chi connectivity index (χ4v) is 5.08. The number of aromatic nitrogens is 3. The van der Waals surface area contributed by atoms with Gasteiger partial charge in [-0.15, -0.1) is 0 Å². The minimum absolute atomic E-state index is 0.429. The maximum absolute atomic E-state index is 9.17. The number of hydrogen-bond donors (Lipinski definition) is 0. The number of methoxy groups -OCH3 is 1. The first-order chi connectivity index (χ1) is 17.1. The molecule has 0 bridgehead atoms. The second-order valence-electron chi connectivity index (χ2n) is 9.06. The number of hydrogen-bond acceptors (Lipinski definition) is 6. The topological polar surface area (TPSA) is 75.7 Å². The van der Waals surface area contributed by atoms with Crippen LogP contribution in [0.2, 0.25) is 5.02 Å². The minimum Gasteiger partial charge on any atom is -0.497 e. The second-order valence-corrected chi connectivity index (χ2v) is 9.47. The summed E-state index contributed by atoms with van der Waals surface area (Å²) in [5.74, 6) is 1.74. The molecule has 0 amide bonds. The molecule has 6 rings (SSSR count). The number of nitriles is 1. The molecule has 0 atom stereocenters. The van der Waals surface area contributed by atoms with Crippen LogP contribution in [-0.2, 0) is 24.5 Å². The lowest BCUT2D eigenvalue weighted by Crippen LogP contribution is -2.29. The Labute approximate surface area is 208 Å². The third-order valence-corrected chi connectivity index (χ3v) is 7.03. The van der Waals surface area contributed by atoms with E-state index in [0.717, 1.165) is 64.5 Å². The van der Waals surface area contributed by atoms with E-state index in [1.807, 2.05) is 53.9 Å². The monoisotopic (exact) mass is 485 g/mol. The molecule has 35 heavy (non-hydrogen) atoms. The summed E-state index contributed by atoms with van der Waals surface area (Å²) in [5, 5.41) is 14.7. The zero-order valence-corrected chi connectivity index (χ0v) is 20.3. The Morgan fingerprint density at radius 2 is 2.00 bits per heavy atom. The van der Waals surface area contributed by atoms with E-state index in [-0.39, 0.29) is 0 Å². The molecular weight excluding hydrogens is 462 g/mol. The number of benzene rings is 2. The van der Waals surface area contributed by atoms with Crippen LogP contribution in [0.5, 0.6) is 5.75 Å². The fraction of sp³-hybridized carbons (Fsp3) is 0.296. The van der Waals surface area contributed by atoms with E-state index in [4.69, 9.17) is 31.2 Å². The van der Waals surface area contributed by atoms with Crippen molar-refractivity contribution in [3.05, 3.63) is 75.6 Å². The molecule has 0 unspecified atom stereocenters. The Hall–Kier alpha value is -3.60. The zero-order valence-electron chi connectivity index (χ0n) is 19.6. The standard InChI is InChI=1S/C27H24ClN5O2/c1-16-25(21-10-9-20(34-2)11-23(21)28)26-30-24-15-35-14-22(24)27(33(26)31-16)32(19-7-8-19)13-18-5-3-17(12-29)4-6-18/h3-6,9-11,19H,7-8,13-15H2,1-2H3. The molecule has 1 aliphatic heterocycles. The molecule has 2 aliphatic rings. The van der Waals surface area contributed by atoms with Gasteiger partial charge in [-0.05, 0) is 55.7 Å². The average Bonchev–Trinajstić information content (AvgIpc) is 3.52. The quantitative estimate of drug-likeness (QED) is 0.362. The number of anilines is 1. The highest BCUT2D eigenvalue weighted by atomic mass is 35.5. The van der Waals surface area contributed by atoms with Gasteiger partial charge in [0.2, 0.25) is 0 Å². The fourth-order valence-electron chi connectivity index (χ4n) is 4.82. The van der Waals surface area contributed by atoms with Gasteiger partial charge < -0.3 is 14.4 Å². The van der Waals surface area contributed by atoms with E-state index in [0.29, 0.717) is 35.6 Å². The first-order valence-corrected chi connectivity index (χ1v) is 12.0. The predicted octanol–water partition coefficient (Wildman–Crippen LogP) is 5.44. The Balaban J connectivity index is 1.53. The van der Waals surface area contributed by atoms with Gasteiger partial charge in [-0.25, -0.2) is 4.98 Å². The SMILES string of the molecule is COc1ccc(-c2c(C)nn3c(N(Cc4ccc(C#N)cc4)C4CC4)c4c(nc23)COC4)c(Cl)c1. The number of ether oxygens (including phenoxy) is 2. The van der Waals surface area contributed by atoms with Crippen molar-refractivity contribution >= 4 is 23.1 Å². The molecule has 176 valence electrons. The van der Waals surface area contributed by atoms with Crippen molar-refractivity contribution in [1.29, 1.82) is 5.26 Å². The van der Waals surface area contributed by atoms with Crippen LogP contribution in [0, 0.1) is 18.3 Å². The molecule has 8 heteroatoms. The predicted molar refractivity (Wildman–Crippen MR) is 134 cm³/mol. The number of aryl methyl sites for hydroxylation is 1. The maximum Gasteiger partial charge on any atom is 0.165 e. The molecule has 7 nitrogen and oxygen atoms in total. The lowest BCUT2D eigenvalue weighted by Gasteiger charge is -2.27. The van der Waals surface area contributed by atoms with Gasteiger partial charge in [0.1, 0.15) is 11.6 Å². The van der Waals surface area contributed by atoms with E-state index < -0.39 is 0 Å². The van der Waals surface area contributed by atoms with E-state index in [1.165, 1.54) is 0 Å². The van der Waals surface area contributed by atoms with Crippen LogP contribution in [0.25, 0.3) is 16.8 Å². The van der Waals surface area contributed by atoms with Gasteiger partial charge in [0, 0.05) is 23.7 Å². The van der Waals surface area contributed by atoms with Crippen molar-refractivity contribution in [1.82, 2.24) is 14.6 Å². The Morgan fingerprint density at radius 1 is 1.20 bits per heavy atom. The summed E-state index contributed by atoms with van der Waals surface area (Å²) in [6.07, 6.45) is 2.26. The summed E-state index contributed by atoms with van der Waals surface area (Å²) < 4.78 is 13.2. The van der Waals surface area contributed by atoms with Crippen molar-refractivity contribution in [2.75, 3.05) is 12.0 Å². The van der Waals surface area contributed by atoms with Gasteiger partial charge in [0.25, 0.3) is 0 Å². The van der Waals surface area contributed by atoms with Crippen molar-refractivity contribution in [3.8, 4) is 22.9 Å². The van der Waals surface area contributed by atoms with Crippen LogP contribution in [0.4, 0.5) is 5.82 Å². The maximum atomic E-state index is 9.17. The molecule has 1 aliphatic carbocycles. The normalized spacial score (nSPS) is 14.7.